The first-order chi connectivity index (χ1) is 18.6. The quantitative estimate of drug-likeness (QED) is 0.0668. The van der Waals surface area contributed by atoms with Crippen molar-refractivity contribution in [3.63, 3.8) is 0 Å². The van der Waals surface area contributed by atoms with Crippen LogP contribution in [-0.4, -0.2) is 151 Å². The smallest absolute Gasteiger partial charge is 0.143 e. The molecule has 15 nitrogen and oxygen atoms in total. The molecule has 10 N–H and O–H groups in total. The summed E-state index contributed by atoms with van der Waals surface area (Å²) in [6.07, 6.45) is 0. The van der Waals surface area contributed by atoms with Crippen molar-refractivity contribution in [3.05, 3.63) is 0 Å². The molecule has 0 aromatic rings. The van der Waals surface area contributed by atoms with Crippen molar-refractivity contribution < 1.29 is 74.7 Å². The Hall–Kier alpha value is -0.600. The summed E-state index contributed by atoms with van der Waals surface area (Å²) < 4.78 is 24.1. The predicted octanol–water partition coefficient (Wildman–Crippen LogP) is -2.20. The average molecular weight is 599 g/mol. The molecule has 0 aromatic heterocycles. The lowest BCUT2D eigenvalue weighted by Gasteiger charge is -2.27. The molecule has 0 unspecified atom stereocenters. The SMILES string of the molecule is CC(C)(CO)CO.CC(C)(COCO)COCO.CC(CO)(CO)CO.CC(COCO)(COCO)COCO. The molecule has 0 atom stereocenters. The van der Waals surface area contributed by atoms with E-state index in [4.69, 9.17) is 74.7 Å². The van der Waals surface area contributed by atoms with E-state index >= 15 is 0 Å². The molecule has 40 heavy (non-hydrogen) atoms. The van der Waals surface area contributed by atoms with Gasteiger partial charge in [-0.1, -0.05) is 41.5 Å². The van der Waals surface area contributed by atoms with Gasteiger partial charge in [0.2, 0.25) is 0 Å². The highest BCUT2D eigenvalue weighted by molar-refractivity contribution is 4.72. The Bertz CT molecular complexity index is 457. The molecular weight excluding hydrogens is 540 g/mol. The summed E-state index contributed by atoms with van der Waals surface area (Å²) in [5.74, 6) is 0. The fourth-order valence-corrected chi connectivity index (χ4v) is 1.89. The summed E-state index contributed by atoms with van der Waals surface area (Å²) in [6, 6.07) is 0. The standard InChI is InChI=1S/C8H18O6.C7H16O4.C5H12O3.C5H12O2/c1-8(2-12-5-9,3-13-6-10)4-14-7-11;1-7(2,3-10-5-8)4-11-6-9;1-5(2-6,3-7)4-8;1-5(2,3-6)4-7/h9-11H,2-7H2,1H3;8-9H,3-6H2,1-2H3;6-8H,2-4H2,1H3;6-7H,3-4H2,1-2H3. The molecule has 0 amide bonds. The lowest BCUT2D eigenvalue weighted by Crippen LogP contribution is -2.34. The third-order valence-electron chi connectivity index (χ3n) is 4.79. The van der Waals surface area contributed by atoms with Gasteiger partial charge in [-0.2, -0.15) is 0 Å². The third-order valence-corrected chi connectivity index (χ3v) is 4.79. The van der Waals surface area contributed by atoms with E-state index in [2.05, 4.69) is 0 Å². The number of hydrogen-bond donors (Lipinski definition) is 10. The van der Waals surface area contributed by atoms with Gasteiger partial charge >= 0.3 is 0 Å². The molecular formula is C25H58O15. The average Bonchev–Trinajstić information content (AvgIpc) is 2.96. The van der Waals surface area contributed by atoms with Crippen LogP contribution in [-0.2, 0) is 23.7 Å². The highest BCUT2D eigenvalue weighted by atomic mass is 16.6. The Balaban J connectivity index is -0.000000224. The second-order valence-corrected chi connectivity index (χ2v) is 11.1. The summed E-state index contributed by atoms with van der Waals surface area (Å²) in [6.45, 7) is 10.2. The van der Waals surface area contributed by atoms with Crippen molar-refractivity contribution >= 4 is 0 Å². The molecule has 0 radical (unpaired) electrons. The van der Waals surface area contributed by atoms with Crippen LogP contribution >= 0.6 is 0 Å². The molecule has 0 rings (SSSR count). The van der Waals surface area contributed by atoms with Crippen LogP contribution < -0.4 is 0 Å². The van der Waals surface area contributed by atoms with E-state index < -0.39 is 10.8 Å². The highest BCUT2D eigenvalue weighted by Gasteiger charge is 2.25. The van der Waals surface area contributed by atoms with Crippen molar-refractivity contribution in [2.24, 2.45) is 21.7 Å². The van der Waals surface area contributed by atoms with Crippen molar-refractivity contribution in [1.29, 1.82) is 0 Å². The van der Waals surface area contributed by atoms with Gasteiger partial charge in [0.1, 0.15) is 34.0 Å². The molecule has 0 saturated heterocycles. The molecule has 0 aliphatic carbocycles. The van der Waals surface area contributed by atoms with Crippen LogP contribution in [0.2, 0.25) is 0 Å². The Kier molecular flexibility index (Phi) is 33.1. The maximum absolute atomic E-state index is 8.48. The topological polar surface area (TPSA) is 248 Å². The molecule has 248 valence electrons. The first kappa shape index (κ1) is 46.4. The normalized spacial score (nSPS) is 12.0. The van der Waals surface area contributed by atoms with Gasteiger partial charge in [-0.05, 0) is 0 Å². The van der Waals surface area contributed by atoms with Crippen molar-refractivity contribution in [2.75, 3.05) is 100 Å². The lowest BCUT2D eigenvalue weighted by molar-refractivity contribution is -0.126. The number of aliphatic hydroxyl groups excluding tert-OH is 10. The first-order valence-corrected chi connectivity index (χ1v) is 12.6. The Morgan fingerprint density at radius 3 is 0.725 bits per heavy atom. The Morgan fingerprint density at radius 2 is 0.575 bits per heavy atom. The molecule has 0 heterocycles. The van der Waals surface area contributed by atoms with E-state index in [1.54, 1.807) is 27.7 Å². The van der Waals surface area contributed by atoms with Gasteiger partial charge in [0.25, 0.3) is 0 Å². The van der Waals surface area contributed by atoms with Crippen molar-refractivity contribution in [2.45, 2.75) is 41.5 Å². The van der Waals surface area contributed by atoms with Gasteiger partial charge in [0.15, 0.2) is 0 Å². The number of hydrogen-bond acceptors (Lipinski definition) is 15. The van der Waals surface area contributed by atoms with Gasteiger partial charge in [-0.25, -0.2) is 0 Å². The van der Waals surface area contributed by atoms with Crippen LogP contribution in [0.4, 0.5) is 0 Å². The minimum absolute atomic E-state index is 0.0451. The van der Waals surface area contributed by atoms with Crippen LogP contribution in [0.1, 0.15) is 41.5 Å². The number of ether oxygens (including phenoxy) is 5. The van der Waals surface area contributed by atoms with Gasteiger partial charge in [0.05, 0.1) is 66.1 Å². The van der Waals surface area contributed by atoms with Crippen LogP contribution in [0.5, 0.6) is 0 Å². The van der Waals surface area contributed by atoms with Gasteiger partial charge in [0, 0.05) is 21.7 Å². The van der Waals surface area contributed by atoms with E-state index in [0.29, 0.717) is 13.2 Å². The molecule has 0 aliphatic rings. The number of aliphatic hydroxyl groups is 10. The Labute approximate surface area is 238 Å². The van der Waals surface area contributed by atoms with E-state index in [-0.39, 0.29) is 97.6 Å². The molecule has 0 fully saturated rings. The zero-order valence-corrected chi connectivity index (χ0v) is 25.1. The molecule has 0 aromatic carbocycles. The van der Waals surface area contributed by atoms with E-state index in [9.17, 15) is 0 Å². The minimum Gasteiger partial charge on any atom is -0.396 e. The largest absolute Gasteiger partial charge is 0.396 e. The maximum atomic E-state index is 8.48. The zero-order valence-electron chi connectivity index (χ0n) is 25.1. The van der Waals surface area contributed by atoms with E-state index in [0.717, 1.165) is 0 Å². The molecule has 0 aliphatic heterocycles. The van der Waals surface area contributed by atoms with Gasteiger partial charge in [-0.15, -0.1) is 0 Å². The molecule has 0 spiro atoms. The fourth-order valence-electron chi connectivity index (χ4n) is 1.89. The number of rotatable bonds is 20. The third kappa shape index (κ3) is 31.9. The van der Waals surface area contributed by atoms with Crippen LogP contribution in [0.15, 0.2) is 0 Å². The van der Waals surface area contributed by atoms with Crippen LogP contribution in [0, 0.1) is 21.7 Å². The summed E-state index contributed by atoms with van der Waals surface area (Å²) in [5.41, 5.74) is -1.67. The second kappa shape index (κ2) is 28.5. The summed E-state index contributed by atoms with van der Waals surface area (Å²) in [4.78, 5) is 0. The summed E-state index contributed by atoms with van der Waals surface area (Å²) in [5, 5.41) is 84.4. The minimum atomic E-state index is -0.708. The highest BCUT2D eigenvalue weighted by Crippen LogP contribution is 2.18. The van der Waals surface area contributed by atoms with Crippen LogP contribution in [0.25, 0.3) is 0 Å². The Morgan fingerprint density at radius 1 is 0.325 bits per heavy atom. The lowest BCUT2D eigenvalue weighted by atomic mass is 9.94. The van der Waals surface area contributed by atoms with E-state index in [1.165, 1.54) is 0 Å². The van der Waals surface area contributed by atoms with Crippen molar-refractivity contribution in [1.82, 2.24) is 0 Å². The van der Waals surface area contributed by atoms with E-state index in [1.807, 2.05) is 13.8 Å². The fraction of sp³-hybridized carbons (Fsp3) is 1.00. The molecule has 0 bridgehead atoms. The van der Waals surface area contributed by atoms with Gasteiger partial charge < -0.3 is 74.7 Å². The summed E-state index contributed by atoms with van der Waals surface area (Å²) in [7, 11) is 0. The molecule has 15 heteroatoms. The van der Waals surface area contributed by atoms with Gasteiger partial charge in [-0.3, -0.25) is 0 Å². The summed E-state index contributed by atoms with van der Waals surface area (Å²) >= 11 is 0. The maximum Gasteiger partial charge on any atom is 0.143 e. The first-order valence-electron chi connectivity index (χ1n) is 12.6. The zero-order chi connectivity index (χ0) is 32.1. The monoisotopic (exact) mass is 598 g/mol. The van der Waals surface area contributed by atoms with Crippen LogP contribution in [0.3, 0.4) is 0 Å². The van der Waals surface area contributed by atoms with Crippen molar-refractivity contribution in [3.8, 4) is 0 Å². The predicted molar refractivity (Wildman–Crippen MR) is 144 cm³/mol. The molecule has 0 saturated carbocycles. The second-order valence-electron chi connectivity index (χ2n) is 11.1.